The topological polar surface area (TPSA) is 77.7 Å². The normalized spacial score (nSPS) is 21.6. The lowest BCUT2D eigenvalue weighted by atomic mass is 9.72. The summed E-state index contributed by atoms with van der Waals surface area (Å²) in [5.74, 6) is 1.83. The lowest BCUT2D eigenvalue weighted by molar-refractivity contribution is -0.133. The zero-order valence-corrected chi connectivity index (χ0v) is 15.9. The van der Waals surface area contributed by atoms with E-state index in [-0.39, 0.29) is 23.8 Å². The van der Waals surface area contributed by atoms with Crippen molar-refractivity contribution in [2.75, 3.05) is 32.9 Å². The van der Waals surface area contributed by atoms with Crippen LogP contribution in [0.2, 0.25) is 5.02 Å². The highest BCUT2D eigenvalue weighted by atomic mass is 35.5. The van der Waals surface area contributed by atoms with Crippen LogP contribution >= 0.6 is 11.6 Å². The molecular formula is C19H22ClN3O4. The molecule has 2 aliphatic heterocycles. The third-order valence-corrected chi connectivity index (χ3v) is 5.76. The Hall–Kier alpha value is -2.12. The fraction of sp³-hybridized carbons (Fsp3) is 0.526. The van der Waals surface area contributed by atoms with Crippen LogP contribution in [0.5, 0.6) is 5.75 Å². The summed E-state index contributed by atoms with van der Waals surface area (Å²) in [5, 5.41) is 4.57. The van der Waals surface area contributed by atoms with Gasteiger partial charge in [0.2, 0.25) is 5.89 Å². The van der Waals surface area contributed by atoms with Crippen molar-refractivity contribution in [3.63, 3.8) is 0 Å². The van der Waals surface area contributed by atoms with E-state index in [4.69, 9.17) is 25.6 Å². The van der Waals surface area contributed by atoms with E-state index in [0.717, 1.165) is 12.8 Å². The number of carbonyl (C=O) groups is 1. The second kappa shape index (κ2) is 7.48. The lowest BCUT2D eigenvalue weighted by Gasteiger charge is -2.36. The molecule has 1 aromatic carbocycles. The Morgan fingerprint density at radius 2 is 2.07 bits per heavy atom. The number of carbonyl (C=O) groups excluding carboxylic acids is 1. The summed E-state index contributed by atoms with van der Waals surface area (Å²) in [6.07, 6.45) is 1.75. The lowest BCUT2D eigenvalue weighted by Crippen LogP contribution is -2.38. The number of hydrogen-bond acceptors (Lipinski definition) is 6. The summed E-state index contributed by atoms with van der Waals surface area (Å²) in [7, 11) is 0. The largest absolute Gasteiger partial charge is 0.484 e. The molecule has 0 unspecified atom stereocenters. The minimum absolute atomic E-state index is 0.0101. The number of rotatable bonds is 4. The zero-order valence-electron chi connectivity index (χ0n) is 15.2. The molecule has 2 fully saturated rings. The van der Waals surface area contributed by atoms with Gasteiger partial charge in [-0.15, -0.1) is 0 Å². The van der Waals surface area contributed by atoms with Gasteiger partial charge in [0.15, 0.2) is 12.4 Å². The second-order valence-electron chi connectivity index (χ2n) is 7.22. The van der Waals surface area contributed by atoms with E-state index in [9.17, 15) is 4.79 Å². The van der Waals surface area contributed by atoms with Crippen LogP contribution in [0.4, 0.5) is 0 Å². The number of benzene rings is 1. The summed E-state index contributed by atoms with van der Waals surface area (Å²) in [6.45, 7) is 4.39. The molecule has 2 saturated heterocycles. The van der Waals surface area contributed by atoms with Crippen molar-refractivity contribution in [2.24, 2.45) is 5.41 Å². The average molecular weight is 392 g/mol. The van der Waals surface area contributed by atoms with Gasteiger partial charge in [0, 0.05) is 36.7 Å². The van der Waals surface area contributed by atoms with Crippen LogP contribution in [0.25, 0.3) is 0 Å². The summed E-state index contributed by atoms with van der Waals surface area (Å²) < 4.78 is 16.6. The maximum Gasteiger partial charge on any atom is 0.260 e. The Labute approximate surface area is 162 Å². The first-order chi connectivity index (χ1) is 13.1. The first-order valence-corrected chi connectivity index (χ1v) is 9.48. The van der Waals surface area contributed by atoms with Gasteiger partial charge in [0.05, 0.1) is 5.92 Å². The highest BCUT2D eigenvalue weighted by Crippen LogP contribution is 2.49. The average Bonchev–Trinajstić information content (AvgIpc) is 3.25. The molecule has 2 aliphatic rings. The second-order valence-corrected chi connectivity index (χ2v) is 7.66. The number of amides is 1. The van der Waals surface area contributed by atoms with Crippen molar-refractivity contribution >= 4 is 17.5 Å². The molecular weight excluding hydrogens is 370 g/mol. The predicted molar refractivity (Wildman–Crippen MR) is 97.8 cm³/mol. The Morgan fingerprint density at radius 1 is 1.33 bits per heavy atom. The quantitative estimate of drug-likeness (QED) is 0.797. The molecule has 0 N–H and O–H groups in total. The van der Waals surface area contributed by atoms with E-state index in [1.807, 2.05) is 11.8 Å². The third-order valence-electron chi connectivity index (χ3n) is 5.51. The first-order valence-electron chi connectivity index (χ1n) is 9.10. The van der Waals surface area contributed by atoms with Crippen molar-refractivity contribution in [1.29, 1.82) is 0 Å². The monoisotopic (exact) mass is 391 g/mol. The van der Waals surface area contributed by atoms with Gasteiger partial charge in [0.25, 0.3) is 5.91 Å². The minimum Gasteiger partial charge on any atom is -0.484 e. The molecule has 144 valence electrons. The molecule has 2 aromatic rings. The van der Waals surface area contributed by atoms with E-state index in [1.165, 1.54) is 0 Å². The number of aryl methyl sites for hydroxylation is 1. The number of halogens is 1. The van der Waals surface area contributed by atoms with E-state index in [2.05, 4.69) is 10.1 Å². The molecule has 8 heteroatoms. The molecule has 0 bridgehead atoms. The van der Waals surface area contributed by atoms with Crippen molar-refractivity contribution in [3.05, 3.63) is 41.0 Å². The Bertz CT molecular complexity index is 802. The molecule has 1 spiro atoms. The standard InChI is InChI=1S/C19H22ClN3O4/c1-13-21-18(27-22-13)16-10-23(12-19(16)6-8-25-9-7-19)17(24)11-26-15-4-2-14(20)3-5-15/h2-5,16H,6-12H2,1H3/t16-/m1/s1. The smallest absolute Gasteiger partial charge is 0.260 e. The van der Waals surface area contributed by atoms with Gasteiger partial charge in [-0.3, -0.25) is 4.79 Å². The predicted octanol–water partition coefficient (Wildman–Crippen LogP) is 2.83. The van der Waals surface area contributed by atoms with Crippen LogP contribution < -0.4 is 4.74 Å². The summed E-state index contributed by atoms with van der Waals surface area (Å²) in [5.41, 5.74) is -0.0762. The van der Waals surface area contributed by atoms with Gasteiger partial charge >= 0.3 is 0 Å². The molecule has 7 nitrogen and oxygen atoms in total. The fourth-order valence-corrected chi connectivity index (χ4v) is 4.13. The van der Waals surface area contributed by atoms with E-state index in [0.29, 0.717) is 48.8 Å². The van der Waals surface area contributed by atoms with Gasteiger partial charge in [-0.1, -0.05) is 16.8 Å². The van der Waals surface area contributed by atoms with Crippen molar-refractivity contribution in [3.8, 4) is 5.75 Å². The maximum absolute atomic E-state index is 12.8. The SMILES string of the molecule is Cc1noc([C@H]2CN(C(=O)COc3ccc(Cl)cc3)CC23CCOCC3)n1. The number of hydrogen-bond donors (Lipinski definition) is 0. The number of aromatic nitrogens is 2. The van der Waals surface area contributed by atoms with Crippen LogP contribution in [0, 0.1) is 12.3 Å². The maximum atomic E-state index is 12.8. The third kappa shape index (κ3) is 3.80. The van der Waals surface area contributed by atoms with Gasteiger partial charge in [-0.2, -0.15) is 4.98 Å². The van der Waals surface area contributed by atoms with Crippen LogP contribution in [0.15, 0.2) is 28.8 Å². The molecule has 1 atom stereocenters. The minimum atomic E-state index is -0.0762. The number of likely N-dealkylation sites (tertiary alicyclic amines) is 1. The van der Waals surface area contributed by atoms with Crippen molar-refractivity contribution in [2.45, 2.75) is 25.7 Å². The summed E-state index contributed by atoms with van der Waals surface area (Å²) in [6, 6.07) is 6.98. The van der Waals surface area contributed by atoms with Crippen molar-refractivity contribution in [1.82, 2.24) is 15.0 Å². The molecule has 3 heterocycles. The highest BCUT2D eigenvalue weighted by molar-refractivity contribution is 6.30. The molecule has 0 saturated carbocycles. The van der Waals surface area contributed by atoms with Gasteiger partial charge < -0.3 is 18.9 Å². The van der Waals surface area contributed by atoms with Gasteiger partial charge in [-0.05, 0) is 44.0 Å². The Morgan fingerprint density at radius 3 is 2.74 bits per heavy atom. The molecule has 27 heavy (non-hydrogen) atoms. The van der Waals surface area contributed by atoms with E-state index in [1.54, 1.807) is 24.3 Å². The van der Waals surface area contributed by atoms with Crippen LogP contribution in [0.1, 0.15) is 30.5 Å². The highest BCUT2D eigenvalue weighted by Gasteiger charge is 2.51. The molecule has 0 radical (unpaired) electrons. The van der Waals surface area contributed by atoms with Crippen molar-refractivity contribution < 1.29 is 18.8 Å². The fourth-order valence-electron chi connectivity index (χ4n) is 4.01. The number of nitrogens with zero attached hydrogens (tertiary/aromatic N) is 3. The van der Waals surface area contributed by atoms with Gasteiger partial charge in [0.1, 0.15) is 5.75 Å². The summed E-state index contributed by atoms with van der Waals surface area (Å²) >= 11 is 5.88. The van der Waals surface area contributed by atoms with Gasteiger partial charge in [-0.25, -0.2) is 0 Å². The Balaban J connectivity index is 1.46. The van der Waals surface area contributed by atoms with Crippen LogP contribution in [-0.4, -0.2) is 53.9 Å². The number of ether oxygens (including phenoxy) is 2. The first kappa shape index (κ1) is 18.3. The van der Waals surface area contributed by atoms with Crippen LogP contribution in [-0.2, 0) is 9.53 Å². The molecule has 1 aromatic heterocycles. The van der Waals surface area contributed by atoms with E-state index < -0.39 is 0 Å². The van der Waals surface area contributed by atoms with E-state index >= 15 is 0 Å². The summed E-state index contributed by atoms with van der Waals surface area (Å²) in [4.78, 5) is 19.1. The van der Waals surface area contributed by atoms with Crippen LogP contribution in [0.3, 0.4) is 0 Å². The molecule has 4 rings (SSSR count). The zero-order chi connectivity index (χ0) is 18.9. The molecule has 0 aliphatic carbocycles. The Kier molecular flexibility index (Phi) is 5.06. The molecule has 1 amide bonds.